The van der Waals surface area contributed by atoms with E-state index in [0.717, 1.165) is 5.56 Å². The molecule has 0 amide bonds. The maximum atomic E-state index is 12.5. The average molecular weight is 353 g/mol. The van der Waals surface area contributed by atoms with Crippen LogP contribution in [0.1, 0.15) is 21.6 Å². The maximum Gasteiger partial charge on any atom is 0.387 e. The molecule has 130 valence electrons. The van der Waals surface area contributed by atoms with Gasteiger partial charge in [0.1, 0.15) is 5.75 Å². The van der Waals surface area contributed by atoms with Gasteiger partial charge in [0.25, 0.3) is 0 Å². The van der Waals surface area contributed by atoms with Gasteiger partial charge in [-0.15, -0.1) is 11.3 Å². The van der Waals surface area contributed by atoms with Gasteiger partial charge in [-0.2, -0.15) is 8.78 Å². The standard InChI is InChI=1S/C17H21F2N3OS/c1-11-4-5-14(23-16(18)19)13(8-11)9-21-17(20-3)22-10-15-12(2)6-7-24-15/h4-8,16H,9-10H2,1-3H3,(H2,20,21,22). The second-order valence-corrected chi connectivity index (χ2v) is 6.30. The molecule has 0 spiro atoms. The number of rotatable bonds is 6. The molecule has 0 aliphatic heterocycles. The van der Waals surface area contributed by atoms with Crippen molar-refractivity contribution >= 4 is 17.3 Å². The molecule has 0 aliphatic rings. The summed E-state index contributed by atoms with van der Waals surface area (Å²) >= 11 is 1.68. The predicted molar refractivity (Wildman–Crippen MR) is 93.9 cm³/mol. The van der Waals surface area contributed by atoms with Gasteiger partial charge in [-0.25, -0.2) is 0 Å². The van der Waals surface area contributed by atoms with Crippen LogP contribution >= 0.6 is 11.3 Å². The van der Waals surface area contributed by atoms with Crippen LogP contribution in [0.2, 0.25) is 0 Å². The van der Waals surface area contributed by atoms with Crippen LogP contribution < -0.4 is 15.4 Å². The lowest BCUT2D eigenvalue weighted by molar-refractivity contribution is -0.0504. The second kappa shape index (κ2) is 8.63. The molecule has 1 aromatic carbocycles. The first kappa shape index (κ1) is 18.2. The first-order chi connectivity index (χ1) is 11.5. The zero-order chi connectivity index (χ0) is 17.5. The van der Waals surface area contributed by atoms with E-state index in [1.54, 1.807) is 30.5 Å². The summed E-state index contributed by atoms with van der Waals surface area (Å²) in [6.07, 6.45) is 0. The van der Waals surface area contributed by atoms with Crippen molar-refractivity contribution in [2.24, 2.45) is 4.99 Å². The highest BCUT2D eigenvalue weighted by molar-refractivity contribution is 7.10. The van der Waals surface area contributed by atoms with E-state index in [9.17, 15) is 8.78 Å². The SMILES string of the molecule is CN=C(NCc1cc(C)ccc1OC(F)F)NCc1sccc1C. The Hall–Kier alpha value is -2.15. The fourth-order valence-electron chi connectivity index (χ4n) is 2.21. The third kappa shape index (κ3) is 5.19. The number of nitrogens with one attached hydrogen (secondary N) is 2. The van der Waals surface area contributed by atoms with Gasteiger partial charge in [0.2, 0.25) is 0 Å². The summed E-state index contributed by atoms with van der Waals surface area (Å²) in [5.74, 6) is 0.778. The molecule has 0 unspecified atom stereocenters. The van der Waals surface area contributed by atoms with Gasteiger partial charge in [0.05, 0.1) is 6.54 Å². The molecule has 0 fully saturated rings. The molecule has 0 saturated carbocycles. The topological polar surface area (TPSA) is 45.7 Å². The van der Waals surface area contributed by atoms with Crippen molar-refractivity contribution in [3.8, 4) is 5.75 Å². The van der Waals surface area contributed by atoms with E-state index in [1.165, 1.54) is 10.4 Å². The van der Waals surface area contributed by atoms with Gasteiger partial charge < -0.3 is 15.4 Å². The van der Waals surface area contributed by atoms with Crippen molar-refractivity contribution in [3.05, 3.63) is 51.2 Å². The Kier molecular flexibility index (Phi) is 6.54. The Balaban J connectivity index is 1.97. The molecule has 2 N–H and O–H groups in total. The third-order valence-corrected chi connectivity index (χ3v) is 4.51. The average Bonchev–Trinajstić information content (AvgIpc) is 2.94. The smallest absolute Gasteiger partial charge is 0.387 e. The maximum absolute atomic E-state index is 12.5. The van der Waals surface area contributed by atoms with Crippen molar-refractivity contribution in [1.82, 2.24) is 10.6 Å². The minimum atomic E-state index is -2.84. The van der Waals surface area contributed by atoms with Crippen molar-refractivity contribution in [2.45, 2.75) is 33.5 Å². The van der Waals surface area contributed by atoms with Crippen LogP contribution in [0.15, 0.2) is 34.6 Å². The van der Waals surface area contributed by atoms with Gasteiger partial charge in [-0.1, -0.05) is 17.7 Å². The van der Waals surface area contributed by atoms with Crippen LogP contribution in [0.3, 0.4) is 0 Å². The molecule has 7 heteroatoms. The van der Waals surface area contributed by atoms with E-state index >= 15 is 0 Å². The first-order valence-corrected chi connectivity index (χ1v) is 8.39. The summed E-state index contributed by atoms with van der Waals surface area (Å²) in [4.78, 5) is 5.39. The normalized spacial score (nSPS) is 11.7. The zero-order valence-corrected chi connectivity index (χ0v) is 14.7. The number of hydrogen-bond donors (Lipinski definition) is 2. The van der Waals surface area contributed by atoms with Crippen molar-refractivity contribution in [1.29, 1.82) is 0 Å². The highest BCUT2D eigenvalue weighted by atomic mass is 32.1. The molecule has 2 rings (SSSR count). The Morgan fingerprint density at radius 3 is 2.58 bits per heavy atom. The van der Waals surface area contributed by atoms with Crippen LogP contribution in [-0.4, -0.2) is 19.6 Å². The number of halogens is 2. The number of ether oxygens (including phenoxy) is 1. The molecule has 0 aliphatic carbocycles. The second-order valence-electron chi connectivity index (χ2n) is 5.30. The van der Waals surface area contributed by atoms with Crippen molar-refractivity contribution in [3.63, 3.8) is 0 Å². The largest absolute Gasteiger partial charge is 0.434 e. The number of hydrogen-bond acceptors (Lipinski definition) is 3. The molecule has 0 saturated heterocycles. The predicted octanol–water partition coefficient (Wildman–Crippen LogP) is 3.83. The molecule has 2 aromatic rings. The Morgan fingerprint density at radius 1 is 1.21 bits per heavy atom. The monoisotopic (exact) mass is 353 g/mol. The van der Waals surface area contributed by atoms with Crippen molar-refractivity contribution in [2.75, 3.05) is 7.05 Å². The van der Waals surface area contributed by atoms with Crippen molar-refractivity contribution < 1.29 is 13.5 Å². The lowest BCUT2D eigenvalue weighted by Gasteiger charge is -2.15. The quantitative estimate of drug-likeness (QED) is 0.613. The molecule has 1 heterocycles. The molecule has 0 radical (unpaired) electrons. The highest BCUT2D eigenvalue weighted by Gasteiger charge is 2.10. The first-order valence-electron chi connectivity index (χ1n) is 7.51. The zero-order valence-electron chi connectivity index (χ0n) is 13.9. The summed E-state index contributed by atoms with van der Waals surface area (Å²) in [6.45, 7) is 2.13. The molecule has 0 atom stereocenters. The van der Waals surface area contributed by atoms with E-state index in [0.29, 0.717) is 24.6 Å². The van der Waals surface area contributed by atoms with Gasteiger partial charge in [0.15, 0.2) is 5.96 Å². The van der Waals surface area contributed by atoms with Crippen LogP contribution in [0, 0.1) is 13.8 Å². The molecule has 4 nitrogen and oxygen atoms in total. The van der Waals surface area contributed by atoms with Gasteiger partial charge in [-0.3, -0.25) is 4.99 Å². The summed E-state index contributed by atoms with van der Waals surface area (Å²) in [6, 6.07) is 7.19. The summed E-state index contributed by atoms with van der Waals surface area (Å²) in [5, 5.41) is 8.39. The number of guanidine groups is 1. The van der Waals surface area contributed by atoms with Gasteiger partial charge in [0, 0.05) is 24.0 Å². The fourth-order valence-corrected chi connectivity index (χ4v) is 3.05. The minimum Gasteiger partial charge on any atom is -0.434 e. The fraction of sp³-hybridized carbons (Fsp3) is 0.353. The Morgan fingerprint density at radius 2 is 1.96 bits per heavy atom. The number of thiophene rings is 1. The lowest BCUT2D eigenvalue weighted by atomic mass is 10.1. The van der Waals surface area contributed by atoms with E-state index in [-0.39, 0.29) is 5.75 Å². The molecular formula is C17H21F2N3OS. The number of aliphatic imine (C=N–C) groups is 1. The molecule has 1 aromatic heterocycles. The molecular weight excluding hydrogens is 332 g/mol. The van der Waals surface area contributed by atoms with Gasteiger partial charge >= 0.3 is 6.61 Å². The van der Waals surface area contributed by atoms with Crippen LogP contribution in [0.4, 0.5) is 8.78 Å². The van der Waals surface area contributed by atoms with E-state index in [2.05, 4.69) is 33.4 Å². The number of aryl methyl sites for hydroxylation is 2. The highest BCUT2D eigenvalue weighted by Crippen LogP contribution is 2.22. The third-order valence-electron chi connectivity index (χ3n) is 3.49. The lowest BCUT2D eigenvalue weighted by Crippen LogP contribution is -2.36. The van der Waals surface area contributed by atoms with E-state index in [4.69, 9.17) is 0 Å². The van der Waals surface area contributed by atoms with Crippen LogP contribution in [0.25, 0.3) is 0 Å². The minimum absolute atomic E-state index is 0.174. The number of benzene rings is 1. The van der Waals surface area contributed by atoms with Crippen LogP contribution in [0.5, 0.6) is 5.75 Å². The molecule has 0 bridgehead atoms. The summed E-state index contributed by atoms with van der Waals surface area (Å²) in [5.41, 5.74) is 2.87. The summed E-state index contributed by atoms with van der Waals surface area (Å²) in [7, 11) is 1.67. The van der Waals surface area contributed by atoms with Gasteiger partial charge in [-0.05, 0) is 36.9 Å². The van der Waals surface area contributed by atoms with E-state index < -0.39 is 6.61 Å². The number of alkyl halides is 2. The molecule has 24 heavy (non-hydrogen) atoms. The van der Waals surface area contributed by atoms with Crippen LogP contribution in [-0.2, 0) is 13.1 Å². The Labute approximate surface area is 144 Å². The number of nitrogens with zero attached hydrogens (tertiary/aromatic N) is 1. The summed E-state index contributed by atoms with van der Waals surface area (Å²) < 4.78 is 29.6. The van der Waals surface area contributed by atoms with E-state index in [1.807, 2.05) is 18.4 Å². The Bertz CT molecular complexity index is 701.